The van der Waals surface area contributed by atoms with E-state index in [1.54, 1.807) is 30.1 Å². The molecule has 1 atom stereocenters. The van der Waals surface area contributed by atoms with Crippen LogP contribution >= 0.6 is 12.4 Å². The van der Waals surface area contributed by atoms with Crippen molar-refractivity contribution in [1.29, 1.82) is 0 Å². The first kappa shape index (κ1) is 17.9. The fourth-order valence-electron chi connectivity index (χ4n) is 2.72. The van der Waals surface area contributed by atoms with E-state index < -0.39 is 0 Å². The van der Waals surface area contributed by atoms with Gasteiger partial charge in [0.15, 0.2) is 0 Å². The summed E-state index contributed by atoms with van der Waals surface area (Å²) >= 11 is 0. The first-order valence-electron chi connectivity index (χ1n) is 7.30. The maximum Gasteiger partial charge on any atom is 0.223 e. The van der Waals surface area contributed by atoms with E-state index in [-0.39, 0.29) is 30.2 Å². The second-order valence-electron chi connectivity index (χ2n) is 5.60. The molecule has 0 radical (unpaired) electrons. The number of piperidine rings is 1. The van der Waals surface area contributed by atoms with Gasteiger partial charge in [-0.1, -0.05) is 18.2 Å². The quantitative estimate of drug-likeness (QED) is 0.926. The Labute approximate surface area is 132 Å². The van der Waals surface area contributed by atoms with Crippen molar-refractivity contribution in [2.75, 3.05) is 20.1 Å². The summed E-state index contributed by atoms with van der Waals surface area (Å²) in [7, 11) is 1.76. The summed E-state index contributed by atoms with van der Waals surface area (Å²) in [4.78, 5) is 14.0. The number of hydrogen-bond acceptors (Lipinski definition) is 2. The molecule has 3 nitrogen and oxygen atoms in total. The Hall–Kier alpha value is -1.13. The number of carbonyl (C=O) groups is 1. The summed E-state index contributed by atoms with van der Waals surface area (Å²) in [5.74, 6) is 0.313. The van der Waals surface area contributed by atoms with E-state index >= 15 is 0 Å². The highest BCUT2D eigenvalue weighted by atomic mass is 35.5. The normalized spacial score (nSPS) is 16.9. The first-order valence-corrected chi connectivity index (χ1v) is 7.30. The molecule has 5 heteroatoms. The minimum absolute atomic E-state index is 0. The van der Waals surface area contributed by atoms with Crippen LogP contribution in [0.15, 0.2) is 24.3 Å². The molecule has 0 saturated carbocycles. The molecular weight excluding hydrogens is 291 g/mol. The van der Waals surface area contributed by atoms with E-state index in [0.29, 0.717) is 17.9 Å². The van der Waals surface area contributed by atoms with Gasteiger partial charge in [-0.05, 0) is 44.8 Å². The first-order chi connectivity index (χ1) is 9.59. The average molecular weight is 315 g/mol. The molecule has 0 aromatic heterocycles. The standard InChI is InChI=1S/C16H23FN2O.ClH/c1-12(14-5-3-4-6-15(14)17)19(2)16(20)11-13-7-9-18-10-8-13;/h3-6,12-13,18H,7-11H2,1-2H3;1H. The van der Waals surface area contributed by atoms with E-state index in [1.165, 1.54) is 6.07 Å². The highest BCUT2D eigenvalue weighted by Gasteiger charge is 2.23. The molecule has 1 aromatic rings. The van der Waals surface area contributed by atoms with Gasteiger partial charge >= 0.3 is 0 Å². The van der Waals surface area contributed by atoms with Gasteiger partial charge in [-0.2, -0.15) is 0 Å². The number of benzene rings is 1. The van der Waals surface area contributed by atoms with Crippen molar-refractivity contribution < 1.29 is 9.18 Å². The number of nitrogens with zero attached hydrogens (tertiary/aromatic N) is 1. The Balaban J connectivity index is 0.00000220. The van der Waals surface area contributed by atoms with Crippen molar-refractivity contribution in [2.24, 2.45) is 5.92 Å². The summed E-state index contributed by atoms with van der Waals surface area (Å²) in [6.45, 7) is 3.85. The Morgan fingerprint density at radius 2 is 2.00 bits per heavy atom. The Morgan fingerprint density at radius 1 is 1.38 bits per heavy atom. The Morgan fingerprint density at radius 3 is 2.62 bits per heavy atom. The topological polar surface area (TPSA) is 32.3 Å². The fourth-order valence-corrected chi connectivity index (χ4v) is 2.72. The van der Waals surface area contributed by atoms with Crippen molar-refractivity contribution in [1.82, 2.24) is 10.2 Å². The zero-order valence-electron chi connectivity index (χ0n) is 12.6. The molecule has 1 amide bonds. The summed E-state index contributed by atoms with van der Waals surface area (Å²) in [5, 5.41) is 3.30. The lowest BCUT2D eigenvalue weighted by Gasteiger charge is -2.29. The molecule has 1 N–H and O–H groups in total. The van der Waals surface area contributed by atoms with Crippen LogP contribution < -0.4 is 5.32 Å². The number of amides is 1. The number of rotatable bonds is 4. The SMILES string of the molecule is CC(c1ccccc1F)N(C)C(=O)CC1CCNCC1.Cl. The van der Waals surface area contributed by atoms with E-state index in [2.05, 4.69) is 5.32 Å². The molecule has 0 aliphatic carbocycles. The van der Waals surface area contributed by atoms with Crippen molar-refractivity contribution >= 4 is 18.3 Å². The van der Waals surface area contributed by atoms with Gasteiger partial charge in [-0.3, -0.25) is 4.79 Å². The highest BCUT2D eigenvalue weighted by molar-refractivity contribution is 5.85. The molecular formula is C16H24ClFN2O. The molecule has 1 unspecified atom stereocenters. The molecule has 2 rings (SSSR count). The predicted octanol–water partition coefficient (Wildman–Crippen LogP) is 3.16. The molecule has 21 heavy (non-hydrogen) atoms. The summed E-state index contributed by atoms with van der Waals surface area (Å²) in [6, 6.07) is 6.43. The maximum absolute atomic E-state index is 13.8. The molecule has 118 valence electrons. The van der Waals surface area contributed by atoms with Crippen LogP contribution in [0, 0.1) is 11.7 Å². The summed E-state index contributed by atoms with van der Waals surface area (Å²) in [5.41, 5.74) is 0.577. The van der Waals surface area contributed by atoms with Gasteiger partial charge in [0.25, 0.3) is 0 Å². The van der Waals surface area contributed by atoms with Crippen LogP contribution in [-0.4, -0.2) is 30.9 Å². The van der Waals surface area contributed by atoms with E-state index in [0.717, 1.165) is 25.9 Å². The largest absolute Gasteiger partial charge is 0.339 e. The number of nitrogens with one attached hydrogen (secondary N) is 1. The summed E-state index contributed by atoms with van der Waals surface area (Å²) < 4.78 is 13.8. The third-order valence-corrected chi connectivity index (χ3v) is 4.25. The van der Waals surface area contributed by atoms with Gasteiger partial charge in [0.05, 0.1) is 6.04 Å². The second-order valence-corrected chi connectivity index (χ2v) is 5.60. The van der Waals surface area contributed by atoms with Crippen LogP contribution in [-0.2, 0) is 4.79 Å². The van der Waals surface area contributed by atoms with Crippen LogP contribution in [0.4, 0.5) is 4.39 Å². The monoisotopic (exact) mass is 314 g/mol. The van der Waals surface area contributed by atoms with Crippen LogP contribution in [0.1, 0.15) is 37.8 Å². The van der Waals surface area contributed by atoms with Crippen molar-refractivity contribution in [3.05, 3.63) is 35.6 Å². The minimum atomic E-state index is -0.249. The van der Waals surface area contributed by atoms with E-state index in [1.807, 2.05) is 6.92 Å². The number of hydrogen-bond donors (Lipinski definition) is 1. The maximum atomic E-state index is 13.8. The fraction of sp³-hybridized carbons (Fsp3) is 0.562. The molecule has 1 saturated heterocycles. The molecule has 0 spiro atoms. The van der Waals surface area contributed by atoms with Crippen molar-refractivity contribution in [3.8, 4) is 0 Å². The molecule has 1 aromatic carbocycles. The van der Waals surface area contributed by atoms with Gasteiger partial charge in [-0.15, -0.1) is 12.4 Å². The number of halogens is 2. The average Bonchev–Trinajstić information content (AvgIpc) is 2.47. The van der Waals surface area contributed by atoms with Gasteiger partial charge < -0.3 is 10.2 Å². The number of carbonyl (C=O) groups excluding carboxylic acids is 1. The Kier molecular flexibility index (Phi) is 7.12. The van der Waals surface area contributed by atoms with Crippen LogP contribution in [0.5, 0.6) is 0 Å². The molecule has 1 fully saturated rings. The lowest BCUT2D eigenvalue weighted by atomic mass is 9.93. The molecule has 0 bridgehead atoms. The third-order valence-electron chi connectivity index (χ3n) is 4.25. The lowest BCUT2D eigenvalue weighted by Crippen LogP contribution is -2.34. The molecule has 1 aliphatic heterocycles. The lowest BCUT2D eigenvalue weighted by molar-refractivity contribution is -0.133. The summed E-state index contributed by atoms with van der Waals surface area (Å²) in [6.07, 6.45) is 2.66. The van der Waals surface area contributed by atoms with Gasteiger partial charge in [-0.25, -0.2) is 4.39 Å². The van der Waals surface area contributed by atoms with Crippen molar-refractivity contribution in [2.45, 2.75) is 32.2 Å². The van der Waals surface area contributed by atoms with Gasteiger partial charge in [0.1, 0.15) is 5.82 Å². The third kappa shape index (κ3) is 4.68. The van der Waals surface area contributed by atoms with Crippen molar-refractivity contribution in [3.63, 3.8) is 0 Å². The van der Waals surface area contributed by atoms with Crippen LogP contribution in [0.3, 0.4) is 0 Å². The predicted molar refractivity (Wildman–Crippen MR) is 85.0 cm³/mol. The minimum Gasteiger partial charge on any atom is -0.339 e. The van der Waals surface area contributed by atoms with Gasteiger partial charge in [0.2, 0.25) is 5.91 Å². The smallest absolute Gasteiger partial charge is 0.223 e. The molecule has 1 aliphatic rings. The zero-order valence-corrected chi connectivity index (χ0v) is 13.5. The van der Waals surface area contributed by atoms with Gasteiger partial charge in [0, 0.05) is 19.0 Å². The second kappa shape index (κ2) is 8.35. The van der Waals surface area contributed by atoms with E-state index in [4.69, 9.17) is 0 Å². The molecule has 1 heterocycles. The van der Waals surface area contributed by atoms with Crippen LogP contribution in [0.25, 0.3) is 0 Å². The zero-order chi connectivity index (χ0) is 14.5. The van der Waals surface area contributed by atoms with E-state index in [9.17, 15) is 9.18 Å². The van der Waals surface area contributed by atoms with Crippen LogP contribution in [0.2, 0.25) is 0 Å². The Bertz CT molecular complexity index is 463. The highest BCUT2D eigenvalue weighted by Crippen LogP contribution is 2.24.